The summed E-state index contributed by atoms with van der Waals surface area (Å²) in [5.41, 5.74) is 3.39. The Hall–Kier alpha value is -1.39. The minimum atomic E-state index is 0.0419. The Balaban J connectivity index is 1.69. The molecule has 0 spiro atoms. The second-order valence-corrected chi connectivity index (χ2v) is 5.27. The van der Waals surface area contributed by atoms with E-state index in [9.17, 15) is 4.79 Å². The van der Waals surface area contributed by atoms with Gasteiger partial charge in [0.15, 0.2) is 0 Å². The van der Waals surface area contributed by atoms with Gasteiger partial charge < -0.3 is 15.4 Å². The maximum atomic E-state index is 12.2. The molecule has 102 valence electrons. The molecule has 0 bridgehead atoms. The van der Waals surface area contributed by atoms with E-state index in [0.29, 0.717) is 0 Å². The topological polar surface area (TPSA) is 50.4 Å². The first-order valence-electron chi connectivity index (χ1n) is 7.04. The Kier molecular flexibility index (Phi) is 3.80. The van der Waals surface area contributed by atoms with Gasteiger partial charge in [-0.25, -0.2) is 0 Å². The summed E-state index contributed by atoms with van der Waals surface area (Å²) in [5.74, 6) is 0.0419. The van der Waals surface area contributed by atoms with Crippen LogP contribution in [0.25, 0.3) is 0 Å². The van der Waals surface area contributed by atoms with Crippen LogP contribution in [0.5, 0.6) is 0 Å². The molecule has 4 heteroatoms. The van der Waals surface area contributed by atoms with E-state index in [1.54, 1.807) is 0 Å². The fraction of sp³-hybridized carbons (Fsp3) is 0.533. The van der Waals surface area contributed by atoms with Gasteiger partial charge in [-0.05, 0) is 49.1 Å². The molecule has 19 heavy (non-hydrogen) atoms. The number of amides is 1. The largest absolute Gasteiger partial charge is 0.381 e. The monoisotopic (exact) mass is 260 g/mol. The lowest BCUT2D eigenvalue weighted by molar-refractivity contribution is 0.0696. The van der Waals surface area contributed by atoms with Crippen LogP contribution in [0.1, 0.15) is 34.3 Å². The van der Waals surface area contributed by atoms with Crippen molar-refractivity contribution in [3.05, 3.63) is 34.9 Å². The third-order valence-electron chi connectivity index (χ3n) is 3.91. The van der Waals surface area contributed by atoms with Crippen LogP contribution in [-0.4, -0.2) is 31.7 Å². The standard InChI is InChI=1S/C15H20N2O2/c18-15(17-14-4-7-19-8-5-14)12-2-1-11-3-6-16-10-13(11)9-12/h1-2,9,14,16H,3-8,10H2,(H,17,18). The van der Waals surface area contributed by atoms with Crippen LogP contribution in [0, 0.1) is 0 Å². The van der Waals surface area contributed by atoms with Gasteiger partial charge >= 0.3 is 0 Å². The number of ether oxygens (including phenoxy) is 1. The molecule has 1 aromatic rings. The lowest BCUT2D eigenvalue weighted by Crippen LogP contribution is -2.39. The van der Waals surface area contributed by atoms with Crippen LogP contribution < -0.4 is 10.6 Å². The molecule has 0 saturated carbocycles. The zero-order chi connectivity index (χ0) is 13.1. The fourth-order valence-corrected chi connectivity index (χ4v) is 2.73. The van der Waals surface area contributed by atoms with Gasteiger partial charge in [-0.3, -0.25) is 4.79 Å². The molecule has 0 radical (unpaired) electrons. The first-order valence-corrected chi connectivity index (χ1v) is 7.04. The Morgan fingerprint density at radius 1 is 1.26 bits per heavy atom. The highest BCUT2D eigenvalue weighted by Crippen LogP contribution is 2.16. The predicted molar refractivity (Wildman–Crippen MR) is 73.2 cm³/mol. The molecule has 4 nitrogen and oxygen atoms in total. The van der Waals surface area contributed by atoms with Crippen LogP contribution in [0.3, 0.4) is 0 Å². The minimum Gasteiger partial charge on any atom is -0.381 e. The molecule has 3 rings (SSSR count). The maximum Gasteiger partial charge on any atom is 0.251 e. The van der Waals surface area contributed by atoms with Crippen molar-refractivity contribution >= 4 is 5.91 Å². The van der Waals surface area contributed by atoms with E-state index in [4.69, 9.17) is 4.74 Å². The molecule has 2 aliphatic rings. The van der Waals surface area contributed by atoms with Crippen molar-refractivity contribution in [2.24, 2.45) is 0 Å². The van der Waals surface area contributed by atoms with E-state index in [1.165, 1.54) is 11.1 Å². The second-order valence-electron chi connectivity index (χ2n) is 5.27. The molecular weight excluding hydrogens is 240 g/mol. The van der Waals surface area contributed by atoms with Gasteiger partial charge in [-0.15, -0.1) is 0 Å². The summed E-state index contributed by atoms with van der Waals surface area (Å²) in [5, 5.41) is 6.44. The average Bonchev–Trinajstić information content (AvgIpc) is 2.48. The summed E-state index contributed by atoms with van der Waals surface area (Å²) in [6.07, 6.45) is 2.88. The van der Waals surface area contributed by atoms with Crippen molar-refractivity contribution in [1.82, 2.24) is 10.6 Å². The van der Waals surface area contributed by atoms with E-state index in [2.05, 4.69) is 16.7 Å². The van der Waals surface area contributed by atoms with Crippen LogP contribution in [-0.2, 0) is 17.7 Å². The molecule has 1 amide bonds. The van der Waals surface area contributed by atoms with E-state index in [0.717, 1.165) is 51.1 Å². The quantitative estimate of drug-likeness (QED) is 0.841. The van der Waals surface area contributed by atoms with Gasteiger partial charge in [0.25, 0.3) is 5.91 Å². The Labute approximate surface area is 113 Å². The molecule has 0 atom stereocenters. The zero-order valence-electron chi connectivity index (χ0n) is 11.1. The summed E-state index contributed by atoms with van der Waals surface area (Å²) in [6.45, 7) is 3.40. The second kappa shape index (κ2) is 5.72. The lowest BCUT2D eigenvalue weighted by atomic mass is 9.98. The first-order chi connectivity index (χ1) is 9.33. The molecule has 2 N–H and O–H groups in total. The number of carbonyl (C=O) groups excluding carboxylic acids is 1. The Morgan fingerprint density at radius 2 is 2.11 bits per heavy atom. The van der Waals surface area contributed by atoms with E-state index in [-0.39, 0.29) is 11.9 Å². The smallest absolute Gasteiger partial charge is 0.251 e. The molecule has 1 saturated heterocycles. The minimum absolute atomic E-state index is 0.0419. The number of hydrogen-bond donors (Lipinski definition) is 2. The molecule has 0 unspecified atom stereocenters. The van der Waals surface area contributed by atoms with Crippen LogP contribution in [0.4, 0.5) is 0 Å². The summed E-state index contributed by atoms with van der Waals surface area (Å²) >= 11 is 0. The van der Waals surface area contributed by atoms with Crippen molar-refractivity contribution in [1.29, 1.82) is 0 Å². The maximum absolute atomic E-state index is 12.2. The van der Waals surface area contributed by atoms with Gasteiger partial charge in [-0.2, -0.15) is 0 Å². The number of benzene rings is 1. The Morgan fingerprint density at radius 3 is 2.95 bits per heavy atom. The summed E-state index contributed by atoms with van der Waals surface area (Å²) in [6, 6.07) is 6.32. The van der Waals surface area contributed by atoms with E-state index < -0.39 is 0 Å². The zero-order valence-corrected chi connectivity index (χ0v) is 11.1. The number of rotatable bonds is 2. The highest BCUT2D eigenvalue weighted by atomic mass is 16.5. The van der Waals surface area contributed by atoms with Crippen LogP contribution in [0.2, 0.25) is 0 Å². The number of nitrogens with one attached hydrogen (secondary N) is 2. The third kappa shape index (κ3) is 2.96. The predicted octanol–water partition coefficient (Wildman–Crippen LogP) is 1.24. The van der Waals surface area contributed by atoms with Crippen LogP contribution in [0.15, 0.2) is 18.2 Å². The van der Waals surface area contributed by atoms with Gasteiger partial charge in [0.05, 0.1) is 0 Å². The van der Waals surface area contributed by atoms with Crippen molar-refractivity contribution in [3.8, 4) is 0 Å². The van der Waals surface area contributed by atoms with Crippen molar-refractivity contribution in [2.75, 3.05) is 19.8 Å². The average molecular weight is 260 g/mol. The summed E-state index contributed by atoms with van der Waals surface area (Å²) < 4.78 is 5.30. The van der Waals surface area contributed by atoms with Gasteiger partial charge in [-0.1, -0.05) is 6.07 Å². The summed E-state index contributed by atoms with van der Waals surface area (Å²) in [4.78, 5) is 12.2. The first kappa shape index (κ1) is 12.6. The lowest BCUT2D eigenvalue weighted by Gasteiger charge is -2.23. The highest BCUT2D eigenvalue weighted by molar-refractivity contribution is 5.94. The van der Waals surface area contributed by atoms with Gasteiger partial charge in [0, 0.05) is 31.4 Å². The molecule has 0 aromatic heterocycles. The molecule has 2 aliphatic heterocycles. The normalized spacial score (nSPS) is 19.8. The van der Waals surface area contributed by atoms with E-state index >= 15 is 0 Å². The number of fused-ring (bicyclic) bond motifs is 1. The van der Waals surface area contributed by atoms with Crippen molar-refractivity contribution in [3.63, 3.8) is 0 Å². The molecule has 1 fully saturated rings. The van der Waals surface area contributed by atoms with Crippen molar-refractivity contribution < 1.29 is 9.53 Å². The third-order valence-corrected chi connectivity index (χ3v) is 3.91. The molecule has 2 heterocycles. The molecular formula is C15H20N2O2. The number of hydrogen-bond acceptors (Lipinski definition) is 3. The highest BCUT2D eigenvalue weighted by Gasteiger charge is 2.18. The summed E-state index contributed by atoms with van der Waals surface area (Å²) in [7, 11) is 0. The number of carbonyl (C=O) groups is 1. The Bertz CT molecular complexity index is 467. The van der Waals surface area contributed by atoms with Crippen LogP contribution >= 0.6 is 0 Å². The van der Waals surface area contributed by atoms with Gasteiger partial charge in [0.1, 0.15) is 0 Å². The van der Waals surface area contributed by atoms with Gasteiger partial charge in [0.2, 0.25) is 0 Å². The van der Waals surface area contributed by atoms with Crippen molar-refractivity contribution in [2.45, 2.75) is 31.8 Å². The fourth-order valence-electron chi connectivity index (χ4n) is 2.73. The SMILES string of the molecule is O=C(NC1CCOCC1)c1ccc2c(c1)CNCC2. The van der Waals surface area contributed by atoms with E-state index in [1.807, 2.05) is 12.1 Å². The molecule has 0 aliphatic carbocycles. The molecule has 1 aromatic carbocycles.